The third-order valence-corrected chi connectivity index (χ3v) is 4.84. The molecule has 1 heterocycles. The molecule has 2 aromatic rings. The first kappa shape index (κ1) is 18.4. The van der Waals surface area contributed by atoms with E-state index in [-0.39, 0.29) is 24.2 Å². The molecule has 26 heavy (non-hydrogen) atoms. The molecule has 2 atom stereocenters. The molecule has 1 aromatic carbocycles. The van der Waals surface area contributed by atoms with Crippen LogP contribution in [0, 0.1) is 0 Å². The van der Waals surface area contributed by atoms with Crippen molar-refractivity contribution < 1.29 is 4.79 Å². The molecule has 0 aliphatic heterocycles. The molecular formula is C19H28N6O. The fraction of sp³-hybridized carbons (Fsp3) is 0.579. The van der Waals surface area contributed by atoms with E-state index in [0.717, 1.165) is 19.3 Å². The number of benzene rings is 1. The van der Waals surface area contributed by atoms with E-state index in [1.807, 2.05) is 20.8 Å². The SMILES string of the molecule is C[C@@H](NC(=O)NCc1nnn(C(C)(C)C)n1)C1CCCc2ccccc21. The van der Waals surface area contributed by atoms with Gasteiger partial charge in [0.05, 0.1) is 12.1 Å². The summed E-state index contributed by atoms with van der Waals surface area (Å²) in [6, 6.07) is 8.41. The molecule has 1 aromatic heterocycles. The average molecular weight is 356 g/mol. The molecular weight excluding hydrogens is 328 g/mol. The zero-order chi connectivity index (χ0) is 18.7. The monoisotopic (exact) mass is 356 g/mol. The van der Waals surface area contributed by atoms with Gasteiger partial charge in [-0.3, -0.25) is 0 Å². The molecule has 2 amide bonds. The molecule has 0 saturated heterocycles. The van der Waals surface area contributed by atoms with Crippen molar-refractivity contribution in [2.45, 2.75) is 71.0 Å². The first-order valence-corrected chi connectivity index (χ1v) is 9.26. The Morgan fingerprint density at radius 2 is 2.12 bits per heavy atom. The number of tetrazole rings is 1. The Kier molecular flexibility index (Phi) is 5.25. The van der Waals surface area contributed by atoms with Crippen LogP contribution in [0.25, 0.3) is 0 Å². The van der Waals surface area contributed by atoms with Crippen molar-refractivity contribution >= 4 is 6.03 Å². The van der Waals surface area contributed by atoms with E-state index in [9.17, 15) is 4.79 Å². The van der Waals surface area contributed by atoms with Crippen molar-refractivity contribution in [1.29, 1.82) is 0 Å². The molecule has 0 fully saturated rings. The Morgan fingerprint density at radius 1 is 1.35 bits per heavy atom. The van der Waals surface area contributed by atoms with Gasteiger partial charge in [-0.15, -0.1) is 10.2 Å². The molecule has 7 nitrogen and oxygen atoms in total. The zero-order valence-corrected chi connectivity index (χ0v) is 16.0. The molecule has 0 saturated carbocycles. The summed E-state index contributed by atoms with van der Waals surface area (Å²) in [6.45, 7) is 8.34. The molecule has 1 aliphatic carbocycles. The third kappa shape index (κ3) is 4.20. The lowest BCUT2D eigenvalue weighted by atomic mass is 9.79. The fourth-order valence-electron chi connectivity index (χ4n) is 3.43. The third-order valence-electron chi connectivity index (χ3n) is 4.84. The molecule has 1 unspecified atom stereocenters. The van der Waals surface area contributed by atoms with Crippen LogP contribution in [0.3, 0.4) is 0 Å². The van der Waals surface area contributed by atoms with Crippen molar-refractivity contribution in [2.75, 3.05) is 0 Å². The number of amides is 2. The summed E-state index contributed by atoms with van der Waals surface area (Å²) in [5.41, 5.74) is 2.54. The maximum absolute atomic E-state index is 12.3. The van der Waals surface area contributed by atoms with E-state index in [2.05, 4.69) is 57.2 Å². The van der Waals surface area contributed by atoms with Crippen LogP contribution in [-0.4, -0.2) is 32.3 Å². The van der Waals surface area contributed by atoms with Crippen molar-refractivity contribution in [1.82, 2.24) is 30.8 Å². The highest BCUT2D eigenvalue weighted by Gasteiger charge is 2.26. The van der Waals surface area contributed by atoms with Gasteiger partial charge in [0.25, 0.3) is 0 Å². The highest BCUT2D eigenvalue weighted by molar-refractivity contribution is 5.74. The summed E-state index contributed by atoms with van der Waals surface area (Å²) in [4.78, 5) is 13.8. The highest BCUT2D eigenvalue weighted by Crippen LogP contribution is 2.33. The predicted octanol–water partition coefficient (Wildman–Crippen LogP) is 2.74. The van der Waals surface area contributed by atoms with Crippen LogP contribution in [0.1, 0.15) is 63.4 Å². The fourth-order valence-corrected chi connectivity index (χ4v) is 3.43. The van der Waals surface area contributed by atoms with Gasteiger partial charge in [0.15, 0.2) is 5.82 Å². The second-order valence-corrected chi connectivity index (χ2v) is 7.98. The number of nitrogens with zero attached hydrogens (tertiary/aromatic N) is 4. The Hall–Kier alpha value is -2.44. The van der Waals surface area contributed by atoms with Crippen LogP contribution in [0.5, 0.6) is 0 Å². The van der Waals surface area contributed by atoms with E-state index in [1.165, 1.54) is 11.1 Å². The Labute approximate surface area is 154 Å². The lowest BCUT2D eigenvalue weighted by molar-refractivity contribution is 0.234. The molecule has 0 radical (unpaired) electrons. The van der Waals surface area contributed by atoms with Gasteiger partial charge in [0.2, 0.25) is 0 Å². The minimum atomic E-state index is -0.226. The van der Waals surface area contributed by atoms with Gasteiger partial charge in [0, 0.05) is 12.0 Å². The summed E-state index contributed by atoms with van der Waals surface area (Å²) in [5.74, 6) is 0.858. The minimum absolute atomic E-state index is 0.0645. The summed E-state index contributed by atoms with van der Waals surface area (Å²) < 4.78 is 0. The number of nitrogens with one attached hydrogen (secondary N) is 2. The number of carbonyl (C=O) groups is 1. The second-order valence-electron chi connectivity index (χ2n) is 7.98. The van der Waals surface area contributed by atoms with E-state index >= 15 is 0 Å². The van der Waals surface area contributed by atoms with Crippen molar-refractivity contribution in [3.63, 3.8) is 0 Å². The normalized spacial score (nSPS) is 18.1. The molecule has 3 rings (SSSR count). The zero-order valence-electron chi connectivity index (χ0n) is 16.0. The Balaban J connectivity index is 1.55. The maximum atomic E-state index is 12.3. The maximum Gasteiger partial charge on any atom is 0.315 e. The lowest BCUT2D eigenvalue weighted by Crippen LogP contribution is -2.43. The van der Waals surface area contributed by atoms with Crippen molar-refractivity contribution in [3.05, 3.63) is 41.2 Å². The van der Waals surface area contributed by atoms with Crippen LogP contribution < -0.4 is 10.6 Å². The standard InChI is InChI=1S/C19H28N6O/c1-13(15-11-7-9-14-8-5-6-10-16(14)15)21-18(26)20-12-17-22-24-25(23-17)19(2,3)4/h5-6,8,10,13,15H,7,9,11-12H2,1-4H3,(H2,20,21,26)/t13-,15?/m1/s1. The van der Waals surface area contributed by atoms with Gasteiger partial charge < -0.3 is 10.6 Å². The van der Waals surface area contributed by atoms with E-state index < -0.39 is 0 Å². The van der Waals surface area contributed by atoms with Crippen LogP contribution in [0.4, 0.5) is 4.79 Å². The molecule has 0 spiro atoms. The van der Waals surface area contributed by atoms with Crippen LogP contribution in [-0.2, 0) is 18.5 Å². The molecule has 2 N–H and O–H groups in total. The molecule has 7 heteroatoms. The van der Waals surface area contributed by atoms with Gasteiger partial charge in [-0.05, 0) is 63.3 Å². The lowest BCUT2D eigenvalue weighted by Gasteiger charge is -2.30. The van der Waals surface area contributed by atoms with Crippen LogP contribution in [0.2, 0.25) is 0 Å². The van der Waals surface area contributed by atoms with Gasteiger partial charge >= 0.3 is 6.03 Å². The van der Waals surface area contributed by atoms with Gasteiger partial charge in [-0.2, -0.15) is 4.80 Å². The van der Waals surface area contributed by atoms with E-state index in [0.29, 0.717) is 11.7 Å². The summed E-state index contributed by atoms with van der Waals surface area (Å²) >= 11 is 0. The molecule has 140 valence electrons. The smallest absolute Gasteiger partial charge is 0.315 e. The topological polar surface area (TPSA) is 84.7 Å². The molecule has 1 aliphatic rings. The summed E-state index contributed by atoms with van der Waals surface area (Å²) in [7, 11) is 0. The average Bonchev–Trinajstić information content (AvgIpc) is 3.09. The van der Waals surface area contributed by atoms with E-state index in [4.69, 9.17) is 0 Å². The van der Waals surface area contributed by atoms with Crippen molar-refractivity contribution in [2.24, 2.45) is 0 Å². The first-order chi connectivity index (χ1) is 12.3. The highest BCUT2D eigenvalue weighted by atomic mass is 16.2. The van der Waals surface area contributed by atoms with Crippen LogP contribution in [0.15, 0.2) is 24.3 Å². The van der Waals surface area contributed by atoms with Gasteiger partial charge in [-0.1, -0.05) is 24.3 Å². The van der Waals surface area contributed by atoms with Gasteiger partial charge in [-0.25, -0.2) is 4.79 Å². The summed E-state index contributed by atoms with van der Waals surface area (Å²) in [5, 5.41) is 18.2. The minimum Gasteiger partial charge on any atom is -0.335 e. The quantitative estimate of drug-likeness (QED) is 0.882. The number of hydrogen-bond acceptors (Lipinski definition) is 4. The largest absolute Gasteiger partial charge is 0.335 e. The Bertz CT molecular complexity index is 763. The van der Waals surface area contributed by atoms with Crippen LogP contribution >= 0.6 is 0 Å². The van der Waals surface area contributed by atoms with Gasteiger partial charge in [0.1, 0.15) is 0 Å². The number of carbonyl (C=O) groups excluding carboxylic acids is 1. The Morgan fingerprint density at radius 3 is 2.85 bits per heavy atom. The van der Waals surface area contributed by atoms with Crippen molar-refractivity contribution in [3.8, 4) is 0 Å². The summed E-state index contributed by atoms with van der Waals surface area (Å²) in [6.07, 6.45) is 3.38. The number of aryl methyl sites for hydroxylation is 1. The second kappa shape index (κ2) is 7.43. The molecule has 0 bridgehead atoms. The number of hydrogen-bond donors (Lipinski definition) is 2. The number of aromatic nitrogens is 4. The number of urea groups is 1. The first-order valence-electron chi connectivity index (χ1n) is 9.26. The number of rotatable bonds is 4. The number of fused-ring (bicyclic) bond motifs is 1. The van der Waals surface area contributed by atoms with E-state index in [1.54, 1.807) is 4.80 Å². The predicted molar refractivity (Wildman–Crippen MR) is 99.8 cm³/mol.